The lowest BCUT2D eigenvalue weighted by atomic mass is 9.98. The van der Waals surface area contributed by atoms with E-state index in [0.717, 1.165) is 13.0 Å². The van der Waals surface area contributed by atoms with Gasteiger partial charge in [0.1, 0.15) is 0 Å². The lowest BCUT2D eigenvalue weighted by Crippen LogP contribution is -2.11. The van der Waals surface area contributed by atoms with E-state index in [0.29, 0.717) is 0 Å². The highest BCUT2D eigenvalue weighted by Crippen LogP contribution is 2.19. The Kier molecular flexibility index (Phi) is 4.93. The van der Waals surface area contributed by atoms with Gasteiger partial charge in [-0.25, -0.2) is 0 Å². The van der Waals surface area contributed by atoms with Gasteiger partial charge < -0.3 is 4.90 Å². The Balaban J connectivity index is 2.22. The molecule has 0 aliphatic carbocycles. The second kappa shape index (κ2) is 6.91. The maximum absolute atomic E-state index is 2.32. The lowest BCUT2D eigenvalue weighted by Gasteiger charge is -2.11. The third-order valence-corrected chi connectivity index (χ3v) is 3.08. The summed E-state index contributed by atoms with van der Waals surface area (Å²) in [6.45, 7) is 0.969. The van der Waals surface area contributed by atoms with Crippen LogP contribution in [-0.2, 0) is 6.42 Å². The van der Waals surface area contributed by atoms with Crippen LogP contribution in [0.1, 0.15) is 11.1 Å². The van der Waals surface area contributed by atoms with E-state index in [4.69, 9.17) is 0 Å². The fourth-order valence-electron chi connectivity index (χ4n) is 2.05. The normalized spacial score (nSPS) is 11.8. The first kappa shape index (κ1) is 13.6. The number of benzene rings is 2. The predicted molar refractivity (Wildman–Crippen MR) is 83.1 cm³/mol. The maximum Gasteiger partial charge on any atom is 0.0163 e. The Bertz CT molecular complexity index is 512. The number of allylic oxidation sites excluding steroid dienone is 1. The Morgan fingerprint density at radius 3 is 2.05 bits per heavy atom. The van der Waals surface area contributed by atoms with E-state index in [2.05, 4.69) is 85.7 Å². The molecule has 0 radical (unpaired) electrons. The molecule has 2 aromatic carbocycles. The van der Waals surface area contributed by atoms with Crippen LogP contribution in [0.15, 0.2) is 66.7 Å². The van der Waals surface area contributed by atoms with Crippen LogP contribution in [0.25, 0.3) is 5.57 Å². The monoisotopic (exact) mass is 251 g/mol. The molecule has 0 saturated carbocycles. The van der Waals surface area contributed by atoms with Crippen LogP contribution < -0.4 is 0 Å². The zero-order valence-electron chi connectivity index (χ0n) is 11.7. The molecule has 0 bridgehead atoms. The summed E-state index contributed by atoms with van der Waals surface area (Å²) < 4.78 is 0. The molecule has 0 unspecified atom stereocenters. The van der Waals surface area contributed by atoms with Crippen LogP contribution in [0.5, 0.6) is 0 Å². The number of likely N-dealkylation sites (N-methyl/N-ethyl adjacent to an activating group) is 1. The number of hydrogen-bond acceptors (Lipinski definition) is 1. The molecule has 0 fully saturated rings. The topological polar surface area (TPSA) is 3.24 Å². The molecule has 0 N–H and O–H groups in total. The second-order valence-corrected chi connectivity index (χ2v) is 5.02. The molecule has 0 heterocycles. The molecule has 2 aromatic rings. The van der Waals surface area contributed by atoms with E-state index >= 15 is 0 Å². The molecule has 98 valence electrons. The molecule has 0 aliphatic heterocycles. The molecule has 1 heteroatoms. The molecule has 0 saturated heterocycles. The van der Waals surface area contributed by atoms with Gasteiger partial charge in [-0.1, -0.05) is 66.7 Å². The quantitative estimate of drug-likeness (QED) is 0.779. The van der Waals surface area contributed by atoms with E-state index < -0.39 is 0 Å². The van der Waals surface area contributed by atoms with Gasteiger partial charge in [-0.2, -0.15) is 0 Å². The third-order valence-electron chi connectivity index (χ3n) is 3.08. The highest BCUT2D eigenvalue weighted by atomic mass is 15.0. The van der Waals surface area contributed by atoms with Crippen LogP contribution in [0.2, 0.25) is 0 Å². The minimum atomic E-state index is 0.969. The number of hydrogen-bond donors (Lipinski definition) is 0. The standard InChI is InChI=1S/C18H21N/c1-19(2)14-13-18(17-11-7-4-8-12-17)15-16-9-5-3-6-10-16/h3-13H,14-15H2,1-2H3. The van der Waals surface area contributed by atoms with Gasteiger partial charge in [0.15, 0.2) is 0 Å². The summed E-state index contributed by atoms with van der Waals surface area (Å²) >= 11 is 0. The van der Waals surface area contributed by atoms with Gasteiger partial charge >= 0.3 is 0 Å². The Morgan fingerprint density at radius 1 is 0.895 bits per heavy atom. The smallest absolute Gasteiger partial charge is 0.0163 e. The minimum Gasteiger partial charge on any atom is -0.306 e. The second-order valence-electron chi connectivity index (χ2n) is 5.02. The molecule has 0 spiro atoms. The van der Waals surface area contributed by atoms with Crippen molar-refractivity contribution in [2.24, 2.45) is 0 Å². The molecular formula is C18H21N. The Labute approximate surface area is 116 Å². The van der Waals surface area contributed by atoms with Crippen LogP contribution in [0.3, 0.4) is 0 Å². The third kappa shape index (κ3) is 4.38. The summed E-state index contributed by atoms with van der Waals surface area (Å²) in [5.41, 5.74) is 4.06. The summed E-state index contributed by atoms with van der Waals surface area (Å²) in [5.74, 6) is 0. The summed E-state index contributed by atoms with van der Waals surface area (Å²) in [4.78, 5) is 2.19. The van der Waals surface area contributed by atoms with Crippen LogP contribution >= 0.6 is 0 Å². The largest absolute Gasteiger partial charge is 0.306 e. The highest BCUT2D eigenvalue weighted by Gasteiger charge is 2.02. The van der Waals surface area contributed by atoms with Gasteiger partial charge in [-0.3, -0.25) is 0 Å². The van der Waals surface area contributed by atoms with E-state index in [1.54, 1.807) is 0 Å². The van der Waals surface area contributed by atoms with Crippen molar-refractivity contribution >= 4 is 5.57 Å². The van der Waals surface area contributed by atoms with Gasteiger partial charge in [0, 0.05) is 6.54 Å². The fourth-order valence-corrected chi connectivity index (χ4v) is 2.05. The SMILES string of the molecule is CN(C)CC=C(Cc1ccccc1)c1ccccc1. The van der Waals surface area contributed by atoms with Crippen LogP contribution in [0, 0.1) is 0 Å². The molecule has 0 aromatic heterocycles. The highest BCUT2D eigenvalue weighted by molar-refractivity contribution is 5.67. The maximum atomic E-state index is 2.32. The molecule has 2 rings (SSSR count). The van der Waals surface area contributed by atoms with E-state index in [1.807, 2.05) is 0 Å². The van der Waals surface area contributed by atoms with Crippen molar-refractivity contribution in [3.05, 3.63) is 77.9 Å². The molecule has 0 aliphatic rings. The van der Waals surface area contributed by atoms with Gasteiger partial charge in [-0.15, -0.1) is 0 Å². The molecule has 0 atom stereocenters. The van der Waals surface area contributed by atoms with Gasteiger partial charge in [-0.05, 0) is 37.2 Å². The first-order chi connectivity index (χ1) is 9.25. The van der Waals surface area contributed by atoms with E-state index in [-0.39, 0.29) is 0 Å². The molecule has 1 nitrogen and oxygen atoms in total. The average molecular weight is 251 g/mol. The fraction of sp³-hybridized carbons (Fsp3) is 0.222. The summed E-state index contributed by atoms with van der Waals surface area (Å²) in [6, 6.07) is 21.3. The minimum absolute atomic E-state index is 0.969. The van der Waals surface area contributed by atoms with Gasteiger partial charge in [0.05, 0.1) is 0 Å². The Morgan fingerprint density at radius 2 is 1.47 bits per heavy atom. The van der Waals surface area contributed by atoms with Crippen molar-refractivity contribution < 1.29 is 0 Å². The van der Waals surface area contributed by atoms with Crippen molar-refractivity contribution in [1.29, 1.82) is 0 Å². The molecule has 0 amide bonds. The van der Waals surface area contributed by atoms with E-state index in [1.165, 1.54) is 16.7 Å². The van der Waals surface area contributed by atoms with Crippen molar-refractivity contribution in [3.8, 4) is 0 Å². The number of nitrogens with zero attached hydrogens (tertiary/aromatic N) is 1. The Hall–Kier alpha value is -1.86. The summed E-state index contributed by atoms with van der Waals surface area (Å²) in [6.07, 6.45) is 3.31. The summed E-state index contributed by atoms with van der Waals surface area (Å²) in [7, 11) is 4.20. The van der Waals surface area contributed by atoms with Gasteiger partial charge in [0.2, 0.25) is 0 Å². The molecular weight excluding hydrogens is 230 g/mol. The lowest BCUT2D eigenvalue weighted by molar-refractivity contribution is 0.456. The first-order valence-electron chi connectivity index (χ1n) is 6.69. The van der Waals surface area contributed by atoms with Crippen molar-refractivity contribution in [1.82, 2.24) is 4.90 Å². The van der Waals surface area contributed by atoms with Crippen LogP contribution in [0.4, 0.5) is 0 Å². The first-order valence-corrected chi connectivity index (χ1v) is 6.69. The predicted octanol–water partition coefficient (Wildman–Crippen LogP) is 3.87. The van der Waals surface area contributed by atoms with Crippen LogP contribution in [-0.4, -0.2) is 25.5 Å². The van der Waals surface area contributed by atoms with Crippen molar-refractivity contribution in [3.63, 3.8) is 0 Å². The van der Waals surface area contributed by atoms with E-state index in [9.17, 15) is 0 Å². The average Bonchev–Trinajstić information content (AvgIpc) is 2.45. The summed E-state index contributed by atoms with van der Waals surface area (Å²) in [5, 5.41) is 0. The zero-order valence-corrected chi connectivity index (χ0v) is 11.7. The zero-order chi connectivity index (χ0) is 13.5. The van der Waals surface area contributed by atoms with Crippen molar-refractivity contribution in [2.45, 2.75) is 6.42 Å². The van der Waals surface area contributed by atoms with Crippen molar-refractivity contribution in [2.75, 3.05) is 20.6 Å². The van der Waals surface area contributed by atoms with Gasteiger partial charge in [0.25, 0.3) is 0 Å². The molecule has 19 heavy (non-hydrogen) atoms. The number of rotatable bonds is 5.